The van der Waals surface area contributed by atoms with Crippen LogP contribution in [0.4, 0.5) is 10.5 Å². The van der Waals surface area contributed by atoms with Crippen molar-refractivity contribution in [2.45, 2.75) is 11.8 Å². The smallest absolute Gasteiger partial charge is 0.321 e. The number of benzene rings is 1. The summed E-state index contributed by atoms with van der Waals surface area (Å²) in [7, 11) is 0. The van der Waals surface area contributed by atoms with Gasteiger partial charge in [0.15, 0.2) is 0 Å². The van der Waals surface area contributed by atoms with Gasteiger partial charge in [-0.1, -0.05) is 19.1 Å². The molecule has 1 atom stereocenters. The van der Waals surface area contributed by atoms with Gasteiger partial charge in [-0.25, -0.2) is 4.79 Å². The summed E-state index contributed by atoms with van der Waals surface area (Å²) in [4.78, 5) is 25.6. The number of carbonyl (C=O) groups excluding carboxylic acids is 1. The first kappa shape index (κ1) is 14.7. The minimum Gasteiger partial charge on any atom is -0.481 e. The van der Waals surface area contributed by atoms with Gasteiger partial charge in [0, 0.05) is 23.9 Å². The van der Waals surface area contributed by atoms with Crippen molar-refractivity contribution >= 4 is 29.4 Å². The minimum atomic E-state index is -0.803. The van der Waals surface area contributed by atoms with Crippen molar-refractivity contribution in [1.29, 1.82) is 0 Å². The minimum absolute atomic E-state index is 0.0500. The van der Waals surface area contributed by atoms with Crippen LogP contribution in [-0.2, 0) is 4.79 Å². The maximum Gasteiger partial charge on any atom is 0.321 e. The summed E-state index contributed by atoms with van der Waals surface area (Å²) >= 11 is 1.57. The van der Waals surface area contributed by atoms with Crippen LogP contribution in [0, 0.1) is 11.8 Å². The molecular weight excluding hydrogens is 276 g/mol. The molecule has 1 saturated heterocycles. The molecule has 1 aliphatic rings. The number of carboxylic acid groups (broad SMARTS) is 1. The van der Waals surface area contributed by atoms with E-state index in [0.717, 1.165) is 10.6 Å². The molecular formula is C14H18N2O3S. The number of carboxylic acids is 1. The Balaban J connectivity index is 1.90. The van der Waals surface area contributed by atoms with Crippen LogP contribution in [0.2, 0.25) is 0 Å². The van der Waals surface area contributed by atoms with Crippen LogP contribution in [0.15, 0.2) is 29.2 Å². The Kier molecular flexibility index (Phi) is 4.54. The van der Waals surface area contributed by atoms with E-state index in [0.29, 0.717) is 13.1 Å². The highest BCUT2D eigenvalue weighted by atomic mass is 32.2. The van der Waals surface area contributed by atoms with Crippen molar-refractivity contribution in [2.24, 2.45) is 11.8 Å². The van der Waals surface area contributed by atoms with Crippen LogP contribution in [0.5, 0.6) is 0 Å². The summed E-state index contributed by atoms with van der Waals surface area (Å²) in [6, 6.07) is 7.45. The first-order valence-electron chi connectivity index (χ1n) is 6.44. The van der Waals surface area contributed by atoms with E-state index in [1.807, 2.05) is 30.5 Å². The molecule has 6 heteroatoms. The van der Waals surface area contributed by atoms with Crippen molar-refractivity contribution in [2.75, 3.05) is 24.7 Å². The molecule has 108 valence electrons. The summed E-state index contributed by atoms with van der Waals surface area (Å²) in [6.45, 7) is 2.69. The summed E-state index contributed by atoms with van der Waals surface area (Å²) in [6.07, 6.45) is 1.96. The Bertz CT molecular complexity index is 515. The molecule has 2 N–H and O–H groups in total. The van der Waals surface area contributed by atoms with Gasteiger partial charge in [-0.2, -0.15) is 0 Å². The number of nitrogens with zero attached hydrogens (tertiary/aromatic N) is 1. The van der Waals surface area contributed by atoms with Gasteiger partial charge in [-0.15, -0.1) is 11.8 Å². The molecule has 2 amide bonds. The first-order chi connectivity index (χ1) is 9.52. The Morgan fingerprint density at radius 3 is 2.65 bits per heavy atom. The molecule has 2 rings (SSSR count). The summed E-state index contributed by atoms with van der Waals surface area (Å²) in [5, 5.41) is 11.8. The van der Waals surface area contributed by atoms with Crippen molar-refractivity contribution < 1.29 is 14.7 Å². The Morgan fingerprint density at radius 1 is 1.40 bits per heavy atom. The van der Waals surface area contributed by atoms with Crippen molar-refractivity contribution in [3.05, 3.63) is 24.3 Å². The number of amides is 2. The number of likely N-dealkylation sites (tertiary alicyclic amines) is 1. The lowest BCUT2D eigenvalue weighted by atomic mass is 9.87. The number of hydrogen-bond acceptors (Lipinski definition) is 3. The lowest BCUT2D eigenvalue weighted by Gasteiger charge is -2.41. The Hall–Kier alpha value is -1.69. The second-order valence-corrected chi connectivity index (χ2v) is 5.77. The highest BCUT2D eigenvalue weighted by Gasteiger charge is 2.37. The van der Waals surface area contributed by atoms with Crippen LogP contribution < -0.4 is 5.32 Å². The largest absolute Gasteiger partial charge is 0.481 e. The van der Waals surface area contributed by atoms with Crippen molar-refractivity contribution in [3.63, 3.8) is 0 Å². The van der Waals surface area contributed by atoms with Gasteiger partial charge in [0.25, 0.3) is 0 Å². The van der Waals surface area contributed by atoms with Crippen LogP contribution in [-0.4, -0.2) is 41.4 Å². The lowest BCUT2D eigenvalue weighted by Crippen LogP contribution is -2.54. The van der Waals surface area contributed by atoms with Gasteiger partial charge in [0.05, 0.1) is 11.6 Å². The van der Waals surface area contributed by atoms with E-state index >= 15 is 0 Å². The van der Waals surface area contributed by atoms with Gasteiger partial charge in [-0.3, -0.25) is 4.79 Å². The van der Waals surface area contributed by atoms with Gasteiger partial charge in [0.2, 0.25) is 0 Å². The zero-order chi connectivity index (χ0) is 14.7. The SMILES string of the molecule is CSc1ccccc1NC(=O)N1CC(C(C)C(=O)O)C1. The quantitative estimate of drug-likeness (QED) is 0.837. The van der Waals surface area contributed by atoms with Crippen LogP contribution in [0.3, 0.4) is 0 Å². The fraction of sp³-hybridized carbons (Fsp3) is 0.429. The number of para-hydroxylation sites is 1. The Morgan fingerprint density at radius 2 is 2.05 bits per heavy atom. The third-order valence-electron chi connectivity index (χ3n) is 3.64. The number of hydrogen-bond donors (Lipinski definition) is 2. The zero-order valence-electron chi connectivity index (χ0n) is 11.5. The molecule has 0 spiro atoms. The first-order valence-corrected chi connectivity index (χ1v) is 7.67. The zero-order valence-corrected chi connectivity index (χ0v) is 12.3. The number of rotatable bonds is 4. The predicted molar refractivity (Wildman–Crippen MR) is 79.1 cm³/mol. The van der Waals surface area contributed by atoms with Crippen LogP contribution >= 0.6 is 11.8 Å². The lowest BCUT2D eigenvalue weighted by molar-refractivity contribution is -0.144. The second kappa shape index (κ2) is 6.17. The maximum atomic E-state index is 12.1. The summed E-state index contributed by atoms with van der Waals surface area (Å²) in [5.74, 6) is -1.16. The molecule has 0 aromatic heterocycles. The normalized spacial score (nSPS) is 16.4. The molecule has 1 heterocycles. The van der Waals surface area contributed by atoms with E-state index < -0.39 is 11.9 Å². The highest BCUT2D eigenvalue weighted by molar-refractivity contribution is 7.98. The predicted octanol–water partition coefficient (Wildman–Crippen LogP) is 2.59. The molecule has 0 radical (unpaired) electrons. The summed E-state index contributed by atoms with van der Waals surface area (Å²) in [5.41, 5.74) is 0.791. The molecule has 1 aliphatic heterocycles. The molecule has 20 heavy (non-hydrogen) atoms. The fourth-order valence-corrected chi connectivity index (χ4v) is 2.69. The third kappa shape index (κ3) is 3.07. The van der Waals surface area contributed by atoms with Crippen LogP contribution in [0.1, 0.15) is 6.92 Å². The third-order valence-corrected chi connectivity index (χ3v) is 4.44. The molecule has 1 fully saturated rings. The molecule has 1 unspecified atom stereocenters. The van der Waals surface area contributed by atoms with Crippen molar-refractivity contribution in [3.8, 4) is 0 Å². The molecule has 5 nitrogen and oxygen atoms in total. The highest BCUT2D eigenvalue weighted by Crippen LogP contribution is 2.27. The van der Waals surface area contributed by atoms with Gasteiger partial charge in [0.1, 0.15) is 0 Å². The standard InChI is InChI=1S/C14H18N2O3S/c1-9(13(17)18)10-7-16(8-10)14(19)15-11-5-3-4-6-12(11)20-2/h3-6,9-10H,7-8H2,1-2H3,(H,15,19)(H,17,18). The topological polar surface area (TPSA) is 69.6 Å². The average molecular weight is 294 g/mol. The number of nitrogens with one attached hydrogen (secondary N) is 1. The number of urea groups is 1. The molecule has 0 bridgehead atoms. The van der Waals surface area contributed by atoms with E-state index in [-0.39, 0.29) is 11.9 Å². The fourth-order valence-electron chi connectivity index (χ4n) is 2.14. The average Bonchev–Trinajstić information content (AvgIpc) is 2.37. The summed E-state index contributed by atoms with van der Waals surface area (Å²) < 4.78 is 0. The number of carbonyl (C=O) groups is 2. The molecule has 1 aromatic carbocycles. The second-order valence-electron chi connectivity index (χ2n) is 4.92. The van der Waals surface area contributed by atoms with Crippen LogP contribution in [0.25, 0.3) is 0 Å². The van der Waals surface area contributed by atoms with E-state index in [1.54, 1.807) is 23.6 Å². The van der Waals surface area contributed by atoms with E-state index in [1.165, 1.54) is 0 Å². The van der Waals surface area contributed by atoms with E-state index in [4.69, 9.17) is 5.11 Å². The molecule has 1 aromatic rings. The monoisotopic (exact) mass is 294 g/mol. The van der Waals surface area contributed by atoms with E-state index in [9.17, 15) is 9.59 Å². The van der Waals surface area contributed by atoms with Crippen molar-refractivity contribution in [1.82, 2.24) is 4.90 Å². The van der Waals surface area contributed by atoms with Gasteiger partial charge < -0.3 is 15.3 Å². The molecule has 0 aliphatic carbocycles. The van der Waals surface area contributed by atoms with E-state index in [2.05, 4.69) is 5.32 Å². The number of thioether (sulfide) groups is 1. The van der Waals surface area contributed by atoms with Gasteiger partial charge >= 0.3 is 12.0 Å². The van der Waals surface area contributed by atoms with Gasteiger partial charge in [-0.05, 0) is 18.4 Å². The number of aliphatic carboxylic acids is 1. The number of anilines is 1. The Labute approximate surface area is 122 Å². The maximum absolute atomic E-state index is 12.1. The molecule has 0 saturated carbocycles.